The molecule has 9 heteroatoms. The van der Waals surface area contributed by atoms with Crippen LogP contribution < -0.4 is 5.32 Å². The van der Waals surface area contributed by atoms with Crippen LogP contribution >= 0.6 is 35.3 Å². The maximum absolute atomic E-state index is 11.5. The lowest BCUT2D eigenvalue weighted by Crippen LogP contribution is -2.42. The highest BCUT2D eigenvalue weighted by atomic mass is 127. The third kappa shape index (κ3) is 6.54. The number of aliphatic imine (C=N–C) groups is 1. The standard InChI is InChI=1S/C14H24N4O2S2.HI/c1-11-17-12(8-21-11)7-18(3)13(15-2)16-9-14(5-6-14)10-22(4,19)20;/h8H,5-7,9-10H2,1-4H3,(H,15,16);1H. The van der Waals surface area contributed by atoms with E-state index in [4.69, 9.17) is 0 Å². The number of aryl methyl sites for hydroxylation is 1. The Bertz CT molecular complexity index is 653. The molecule has 1 fully saturated rings. The van der Waals surface area contributed by atoms with Gasteiger partial charge in [0.25, 0.3) is 0 Å². The van der Waals surface area contributed by atoms with E-state index in [0.717, 1.165) is 29.5 Å². The molecule has 0 saturated heterocycles. The number of nitrogens with one attached hydrogen (secondary N) is 1. The van der Waals surface area contributed by atoms with Gasteiger partial charge in [-0.1, -0.05) is 0 Å². The van der Waals surface area contributed by atoms with Crippen LogP contribution in [0.5, 0.6) is 0 Å². The number of rotatable bonds is 6. The predicted molar refractivity (Wildman–Crippen MR) is 106 cm³/mol. The largest absolute Gasteiger partial charge is 0.356 e. The second-order valence-corrected chi connectivity index (χ2v) is 9.39. The van der Waals surface area contributed by atoms with E-state index in [0.29, 0.717) is 13.1 Å². The van der Waals surface area contributed by atoms with Gasteiger partial charge in [0.1, 0.15) is 9.84 Å². The summed E-state index contributed by atoms with van der Waals surface area (Å²) in [4.78, 5) is 10.7. The fraction of sp³-hybridized carbons (Fsp3) is 0.714. The van der Waals surface area contributed by atoms with Gasteiger partial charge in [0.05, 0.1) is 23.0 Å². The maximum Gasteiger partial charge on any atom is 0.193 e. The van der Waals surface area contributed by atoms with E-state index in [2.05, 4.69) is 15.3 Å². The molecule has 1 saturated carbocycles. The van der Waals surface area contributed by atoms with Crippen molar-refractivity contribution in [1.82, 2.24) is 15.2 Å². The second kappa shape index (κ2) is 8.11. The number of sulfone groups is 1. The Morgan fingerprint density at radius 3 is 2.61 bits per heavy atom. The molecule has 0 amide bonds. The zero-order chi connectivity index (χ0) is 16.4. The van der Waals surface area contributed by atoms with Crippen molar-refractivity contribution in [3.63, 3.8) is 0 Å². The van der Waals surface area contributed by atoms with Gasteiger partial charge in [-0.3, -0.25) is 4.99 Å². The molecule has 0 spiro atoms. The van der Waals surface area contributed by atoms with E-state index in [9.17, 15) is 8.42 Å². The van der Waals surface area contributed by atoms with Gasteiger partial charge in [0.15, 0.2) is 5.96 Å². The molecular weight excluding hydrogens is 447 g/mol. The molecule has 132 valence electrons. The van der Waals surface area contributed by atoms with Crippen LogP contribution in [0.15, 0.2) is 10.4 Å². The molecule has 6 nitrogen and oxygen atoms in total. The van der Waals surface area contributed by atoms with Gasteiger partial charge in [0.2, 0.25) is 0 Å². The summed E-state index contributed by atoms with van der Waals surface area (Å²) in [6, 6.07) is 0. The monoisotopic (exact) mass is 472 g/mol. The summed E-state index contributed by atoms with van der Waals surface area (Å²) in [6.07, 6.45) is 3.22. The molecule has 0 aromatic carbocycles. The van der Waals surface area contributed by atoms with E-state index in [1.54, 1.807) is 18.4 Å². The third-order valence-electron chi connectivity index (χ3n) is 3.79. The number of nitrogens with zero attached hydrogens (tertiary/aromatic N) is 3. The summed E-state index contributed by atoms with van der Waals surface area (Å²) in [5.41, 5.74) is 0.909. The van der Waals surface area contributed by atoms with Gasteiger partial charge in [-0.2, -0.15) is 0 Å². The molecule has 1 aliphatic rings. The molecule has 0 aliphatic heterocycles. The highest BCUT2D eigenvalue weighted by Gasteiger charge is 2.45. The maximum atomic E-state index is 11.5. The van der Waals surface area contributed by atoms with Crippen molar-refractivity contribution in [2.45, 2.75) is 26.3 Å². The number of halogens is 1. The first-order valence-electron chi connectivity index (χ1n) is 7.24. The highest BCUT2D eigenvalue weighted by molar-refractivity contribution is 14.0. The van der Waals surface area contributed by atoms with Crippen molar-refractivity contribution in [2.75, 3.05) is 32.6 Å². The van der Waals surface area contributed by atoms with Crippen LogP contribution in [0.2, 0.25) is 0 Å². The van der Waals surface area contributed by atoms with Crippen molar-refractivity contribution in [2.24, 2.45) is 10.4 Å². The lowest BCUT2D eigenvalue weighted by molar-refractivity contribution is 0.453. The minimum atomic E-state index is -2.94. The Balaban J connectivity index is 0.00000264. The van der Waals surface area contributed by atoms with Gasteiger partial charge in [-0.15, -0.1) is 35.3 Å². The van der Waals surface area contributed by atoms with Gasteiger partial charge in [0, 0.05) is 37.7 Å². The predicted octanol–water partition coefficient (Wildman–Crippen LogP) is 1.90. The molecule has 1 aromatic heterocycles. The summed E-state index contributed by atoms with van der Waals surface area (Å²) in [7, 11) is 0.754. The average Bonchev–Trinajstić information content (AvgIpc) is 3.01. The Kier molecular flexibility index (Phi) is 7.27. The molecule has 23 heavy (non-hydrogen) atoms. The van der Waals surface area contributed by atoms with Gasteiger partial charge in [-0.25, -0.2) is 13.4 Å². The van der Waals surface area contributed by atoms with Crippen molar-refractivity contribution < 1.29 is 8.42 Å². The Morgan fingerprint density at radius 1 is 1.52 bits per heavy atom. The van der Waals surface area contributed by atoms with Gasteiger partial charge in [-0.05, 0) is 19.8 Å². The number of thiazole rings is 1. The molecule has 0 atom stereocenters. The molecule has 2 rings (SSSR count). The summed E-state index contributed by atoms with van der Waals surface area (Å²) >= 11 is 1.63. The second-order valence-electron chi connectivity index (χ2n) is 6.18. The normalized spacial score (nSPS) is 16.6. The molecule has 0 bridgehead atoms. The van der Waals surface area contributed by atoms with Gasteiger partial charge < -0.3 is 10.2 Å². The highest BCUT2D eigenvalue weighted by Crippen LogP contribution is 2.46. The molecule has 0 unspecified atom stereocenters. The van der Waals surface area contributed by atoms with Crippen LogP contribution in [0.3, 0.4) is 0 Å². The van der Waals surface area contributed by atoms with E-state index >= 15 is 0 Å². The van der Waals surface area contributed by atoms with Crippen molar-refractivity contribution >= 4 is 51.1 Å². The fourth-order valence-electron chi connectivity index (χ4n) is 2.56. The topological polar surface area (TPSA) is 74.7 Å². The Morgan fingerprint density at radius 2 is 2.17 bits per heavy atom. The lowest BCUT2D eigenvalue weighted by Gasteiger charge is -2.23. The van der Waals surface area contributed by atoms with Crippen LogP contribution in [-0.4, -0.2) is 56.9 Å². The number of hydrogen-bond acceptors (Lipinski definition) is 5. The van der Waals surface area contributed by atoms with Crippen LogP contribution in [-0.2, 0) is 16.4 Å². The lowest BCUT2D eigenvalue weighted by atomic mass is 10.1. The van der Waals surface area contributed by atoms with Crippen LogP contribution in [0, 0.1) is 12.3 Å². The summed E-state index contributed by atoms with van der Waals surface area (Å²) in [5, 5.41) is 6.41. The van der Waals surface area contributed by atoms with E-state index in [-0.39, 0.29) is 35.1 Å². The number of aromatic nitrogens is 1. The quantitative estimate of drug-likeness (QED) is 0.389. The first kappa shape index (κ1) is 20.6. The van der Waals surface area contributed by atoms with Crippen LogP contribution in [0.1, 0.15) is 23.5 Å². The minimum absolute atomic E-state index is 0. The van der Waals surface area contributed by atoms with E-state index in [1.807, 2.05) is 24.3 Å². The summed E-state index contributed by atoms with van der Waals surface area (Å²) in [6.45, 7) is 3.32. The molecule has 1 heterocycles. The van der Waals surface area contributed by atoms with E-state index in [1.165, 1.54) is 6.26 Å². The average molecular weight is 472 g/mol. The smallest absolute Gasteiger partial charge is 0.193 e. The first-order chi connectivity index (χ1) is 10.2. The molecule has 1 aromatic rings. The van der Waals surface area contributed by atoms with Crippen molar-refractivity contribution in [3.05, 3.63) is 16.1 Å². The minimum Gasteiger partial charge on any atom is -0.356 e. The number of hydrogen-bond donors (Lipinski definition) is 1. The van der Waals surface area contributed by atoms with Gasteiger partial charge >= 0.3 is 0 Å². The third-order valence-corrected chi connectivity index (χ3v) is 5.75. The fourth-order valence-corrected chi connectivity index (χ4v) is 4.66. The van der Waals surface area contributed by atoms with Crippen LogP contribution in [0.4, 0.5) is 0 Å². The first-order valence-corrected chi connectivity index (χ1v) is 10.2. The zero-order valence-corrected chi connectivity index (χ0v) is 18.0. The number of guanidine groups is 1. The van der Waals surface area contributed by atoms with Crippen LogP contribution in [0.25, 0.3) is 0 Å². The Hall–Kier alpha value is -0.420. The van der Waals surface area contributed by atoms with E-state index < -0.39 is 9.84 Å². The SMILES string of the molecule is CN=C(NCC1(CS(C)(=O)=O)CC1)N(C)Cc1csc(C)n1.I. The molecular formula is C14H25IN4O2S2. The Labute approximate surface area is 159 Å². The molecule has 1 aliphatic carbocycles. The molecule has 1 N–H and O–H groups in total. The van der Waals surface area contributed by atoms with Crippen molar-refractivity contribution in [3.8, 4) is 0 Å². The summed E-state index contributed by atoms with van der Waals surface area (Å²) in [5.74, 6) is 1.02. The molecule has 0 radical (unpaired) electrons. The summed E-state index contributed by atoms with van der Waals surface area (Å²) < 4.78 is 23.0. The van der Waals surface area contributed by atoms with Crippen molar-refractivity contribution in [1.29, 1.82) is 0 Å². The zero-order valence-electron chi connectivity index (χ0n) is 14.0.